The third-order valence-electron chi connectivity index (χ3n) is 2.95. The van der Waals surface area contributed by atoms with E-state index in [1.54, 1.807) is 6.20 Å². The van der Waals surface area contributed by atoms with Gasteiger partial charge < -0.3 is 4.74 Å². The second-order valence-electron chi connectivity index (χ2n) is 4.57. The van der Waals surface area contributed by atoms with E-state index in [2.05, 4.69) is 23.8 Å². The molecule has 0 spiro atoms. The molecule has 0 radical (unpaired) electrons. The molecular weight excluding hydrogens is 230 g/mol. The van der Waals surface area contributed by atoms with Gasteiger partial charge in [-0.15, -0.1) is 0 Å². The van der Waals surface area contributed by atoms with Crippen LogP contribution in [0.3, 0.4) is 0 Å². The molecular formula is C13H23N3O2. The summed E-state index contributed by atoms with van der Waals surface area (Å²) in [6, 6.07) is 2.32. The number of carbonyl (C=O) groups excluding carboxylic acids is 1. The normalized spacial score (nSPS) is 11.2. The number of nitrogens with zero attached hydrogens (tertiary/aromatic N) is 3. The molecule has 0 unspecified atom stereocenters. The summed E-state index contributed by atoms with van der Waals surface area (Å²) in [5, 5.41) is 4.14. The molecule has 0 aromatic carbocycles. The van der Waals surface area contributed by atoms with Crippen LogP contribution in [0.15, 0.2) is 12.3 Å². The Kier molecular flexibility index (Phi) is 5.85. The van der Waals surface area contributed by atoms with Gasteiger partial charge >= 0.3 is 5.97 Å². The van der Waals surface area contributed by atoms with Crippen molar-refractivity contribution in [3.8, 4) is 0 Å². The zero-order valence-corrected chi connectivity index (χ0v) is 11.7. The highest BCUT2D eigenvalue weighted by atomic mass is 16.5. The molecule has 1 aromatic rings. The van der Waals surface area contributed by atoms with Crippen molar-refractivity contribution >= 4 is 5.97 Å². The zero-order valence-electron chi connectivity index (χ0n) is 11.7. The molecule has 0 aliphatic heterocycles. The first kappa shape index (κ1) is 14.7. The summed E-state index contributed by atoms with van der Waals surface area (Å²) in [5.41, 5.74) is 1.17. The minimum Gasteiger partial charge on any atom is -0.465 e. The van der Waals surface area contributed by atoms with Crippen LogP contribution in [-0.2, 0) is 23.0 Å². The van der Waals surface area contributed by atoms with Crippen molar-refractivity contribution in [1.29, 1.82) is 0 Å². The summed E-state index contributed by atoms with van der Waals surface area (Å²) >= 11 is 0. The monoisotopic (exact) mass is 253 g/mol. The van der Waals surface area contributed by atoms with Gasteiger partial charge in [0, 0.05) is 37.9 Å². The highest BCUT2D eigenvalue weighted by molar-refractivity contribution is 5.71. The highest BCUT2D eigenvalue weighted by Gasteiger charge is 2.15. The van der Waals surface area contributed by atoms with Gasteiger partial charge in [0.1, 0.15) is 0 Å². The molecule has 5 heteroatoms. The lowest BCUT2D eigenvalue weighted by molar-refractivity contribution is -0.144. The molecule has 1 rings (SSSR count). The Balaban J connectivity index is 2.48. The van der Waals surface area contributed by atoms with Gasteiger partial charge in [0.05, 0.1) is 13.2 Å². The lowest BCUT2D eigenvalue weighted by atomic mass is 10.2. The van der Waals surface area contributed by atoms with Crippen LogP contribution in [0.25, 0.3) is 0 Å². The average Bonchev–Trinajstić information content (AvgIpc) is 2.70. The molecule has 1 heterocycles. The van der Waals surface area contributed by atoms with Crippen LogP contribution in [0, 0.1) is 0 Å². The van der Waals surface area contributed by atoms with Crippen molar-refractivity contribution in [3.63, 3.8) is 0 Å². The fourth-order valence-corrected chi connectivity index (χ4v) is 1.80. The van der Waals surface area contributed by atoms with E-state index in [1.807, 2.05) is 24.7 Å². The van der Waals surface area contributed by atoms with Crippen LogP contribution in [0.4, 0.5) is 0 Å². The maximum Gasteiger partial charge on any atom is 0.320 e. The molecule has 1 aromatic heterocycles. The van der Waals surface area contributed by atoms with Gasteiger partial charge in [0.2, 0.25) is 0 Å². The summed E-state index contributed by atoms with van der Waals surface area (Å²) in [6.45, 7) is 7.62. The Morgan fingerprint density at radius 3 is 2.78 bits per heavy atom. The molecule has 0 bridgehead atoms. The Morgan fingerprint density at radius 2 is 2.28 bits per heavy atom. The quantitative estimate of drug-likeness (QED) is 0.686. The zero-order chi connectivity index (χ0) is 13.5. The summed E-state index contributed by atoms with van der Waals surface area (Å²) < 4.78 is 6.85. The molecule has 0 fully saturated rings. The Morgan fingerprint density at radius 1 is 1.56 bits per heavy atom. The van der Waals surface area contributed by atoms with Gasteiger partial charge in [-0.3, -0.25) is 14.4 Å². The molecule has 0 aliphatic carbocycles. The minimum absolute atomic E-state index is 0.156. The number of esters is 1. The van der Waals surface area contributed by atoms with E-state index in [1.165, 1.54) is 5.69 Å². The summed E-state index contributed by atoms with van der Waals surface area (Å²) in [4.78, 5) is 13.6. The van der Waals surface area contributed by atoms with Gasteiger partial charge in [-0.2, -0.15) is 5.10 Å². The lowest BCUT2D eigenvalue weighted by Gasteiger charge is -2.25. The molecule has 18 heavy (non-hydrogen) atoms. The third kappa shape index (κ3) is 4.49. The van der Waals surface area contributed by atoms with Crippen molar-refractivity contribution < 1.29 is 9.53 Å². The molecule has 0 atom stereocenters. The van der Waals surface area contributed by atoms with Crippen LogP contribution < -0.4 is 0 Å². The topological polar surface area (TPSA) is 47.4 Å². The van der Waals surface area contributed by atoms with Crippen LogP contribution in [0.5, 0.6) is 0 Å². The first-order chi connectivity index (χ1) is 8.54. The van der Waals surface area contributed by atoms with E-state index in [0.717, 1.165) is 13.0 Å². The third-order valence-corrected chi connectivity index (χ3v) is 2.95. The van der Waals surface area contributed by atoms with E-state index in [0.29, 0.717) is 19.2 Å². The van der Waals surface area contributed by atoms with Crippen molar-refractivity contribution in [2.75, 3.05) is 19.7 Å². The maximum absolute atomic E-state index is 11.5. The number of hydrogen-bond donors (Lipinski definition) is 0. The van der Waals surface area contributed by atoms with Crippen LogP contribution in [-0.4, -0.2) is 46.4 Å². The molecule has 5 nitrogen and oxygen atoms in total. The number of aryl methyl sites for hydroxylation is 1. The second kappa shape index (κ2) is 7.16. The van der Waals surface area contributed by atoms with Gasteiger partial charge in [0.15, 0.2) is 0 Å². The first-order valence-corrected chi connectivity index (χ1v) is 6.41. The number of rotatable bonds is 7. The standard InChI is InChI=1S/C13H23N3O2/c1-5-18-13(17)10-16(11(2)3)9-7-12-6-8-14-15(12)4/h6,8,11H,5,7,9-10H2,1-4H3. The second-order valence-corrected chi connectivity index (χ2v) is 4.57. The summed E-state index contributed by atoms with van der Waals surface area (Å²) in [7, 11) is 1.93. The van der Waals surface area contributed by atoms with E-state index in [4.69, 9.17) is 4.74 Å². The van der Waals surface area contributed by atoms with E-state index < -0.39 is 0 Å². The fraction of sp³-hybridized carbons (Fsp3) is 0.692. The van der Waals surface area contributed by atoms with Crippen LogP contribution in [0.1, 0.15) is 26.5 Å². The number of aromatic nitrogens is 2. The molecule has 0 saturated heterocycles. The van der Waals surface area contributed by atoms with Gasteiger partial charge in [0.25, 0.3) is 0 Å². The van der Waals surface area contributed by atoms with Crippen molar-refractivity contribution in [3.05, 3.63) is 18.0 Å². The Labute approximate surface area is 109 Å². The van der Waals surface area contributed by atoms with E-state index in [9.17, 15) is 4.79 Å². The highest BCUT2D eigenvalue weighted by Crippen LogP contribution is 2.04. The Bertz CT molecular complexity index is 374. The minimum atomic E-state index is -0.156. The first-order valence-electron chi connectivity index (χ1n) is 6.41. The fourth-order valence-electron chi connectivity index (χ4n) is 1.80. The predicted octanol–water partition coefficient (Wildman–Crippen LogP) is 1.24. The number of hydrogen-bond acceptors (Lipinski definition) is 4. The average molecular weight is 253 g/mol. The van der Waals surface area contributed by atoms with Gasteiger partial charge in [-0.25, -0.2) is 0 Å². The number of carbonyl (C=O) groups is 1. The van der Waals surface area contributed by atoms with Gasteiger partial charge in [-0.1, -0.05) is 0 Å². The molecule has 0 N–H and O–H groups in total. The van der Waals surface area contributed by atoms with Crippen LogP contribution >= 0.6 is 0 Å². The van der Waals surface area contributed by atoms with Crippen molar-refractivity contribution in [2.45, 2.75) is 33.2 Å². The largest absolute Gasteiger partial charge is 0.465 e. The molecule has 0 saturated carbocycles. The van der Waals surface area contributed by atoms with Gasteiger partial charge in [-0.05, 0) is 26.8 Å². The van der Waals surface area contributed by atoms with Crippen molar-refractivity contribution in [2.24, 2.45) is 7.05 Å². The smallest absolute Gasteiger partial charge is 0.320 e. The van der Waals surface area contributed by atoms with Crippen molar-refractivity contribution in [1.82, 2.24) is 14.7 Å². The lowest BCUT2D eigenvalue weighted by Crippen LogP contribution is -2.38. The summed E-state index contributed by atoms with van der Waals surface area (Å²) in [5.74, 6) is -0.156. The molecule has 102 valence electrons. The summed E-state index contributed by atoms with van der Waals surface area (Å²) in [6.07, 6.45) is 2.68. The predicted molar refractivity (Wildman–Crippen MR) is 70.3 cm³/mol. The molecule has 0 aliphatic rings. The molecule has 0 amide bonds. The number of ether oxygens (including phenoxy) is 1. The SMILES string of the molecule is CCOC(=O)CN(CCc1ccnn1C)C(C)C. The van der Waals surface area contributed by atoms with E-state index in [-0.39, 0.29) is 5.97 Å². The Hall–Kier alpha value is -1.36. The van der Waals surface area contributed by atoms with E-state index >= 15 is 0 Å². The van der Waals surface area contributed by atoms with Crippen LogP contribution in [0.2, 0.25) is 0 Å². The maximum atomic E-state index is 11.5.